The molecule has 1 fully saturated rings. The molecule has 3 rings (SSSR count). The van der Waals surface area contributed by atoms with Crippen molar-refractivity contribution in [3.8, 4) is 11.5 Å². The first-order chi connectivity index (χ1) is 12.2. The molecule has 132 valence electrons. The summed E-state index contributed by atoms with van der Waals surface area (Å²) in [7, 11) is 3.17. The van der Waals surface area contributed by atoms with E-state index in [1.54, 1.807) is 20.5 Å². The van der Waals surface area contributed by atoms with Crippen LogP contribution in [0.5, 0.6) is 11.5 Å². The first-order valence-corrected chi connectivity index (χ1v) is 8.23. The number of benzene rings is 1. The number of carbonyl (C=O) groups excluding carboxylic acids is 1. The van der Waals surface area contributed by atoms with Crippen molar-refractivity contribution in [3.05, 3.63) is 47.5 Å². The van der Waals surface area contributed by atoms with Gasteiger partial charge in [0.1, 0.15) is 6.33 Å². The summed E-state index contributed by atoms with van der Waals surface area (Å²) in [6, 6.07) is 7.25. The maximum absolute atomic E-state index is 12.0. The second kappa shape index (κ2) is 7.83. The van der Waals surface area contributed by atoms with Crippen molar-refractivity contribution in [1.29, 1.82) is 0 Å². The predicted molar refractivity (Wildman–Crippen MR) is 92.6 cm³/mol. The van der Waals surface area contributed by atoms with Gasteiger partial charge in [0.05, 0.1) is 26.5 Å². The molecule has 1 aromatic carbocycles. The van der Waals surface area contributed by atoms with Crippen LogP contribution in [0.2, 0.25) is 0 Å². The molecule has 0 unspecified atom stereocenters. The summed E-state index contributed by atoms with van der Waals surface area (Å²) >= 11 is 0. The quantitative estimate of drug-likeness (QED) is 0.807. The highest BCUT2D eigenvalue weighted by molar-refractivity contribution is 5.73. The molecule has 0 spiro atoms. The van der Waals surface area contributed by atoms with Gasteiger partial charge in [0.15, 0.2) is 11.5 Å². The van der Waals surface area contributed by atoms with Gasteiger partial charge in [-0.1, -0.05) is 6.07 Å². The fraction of sp³-hybridized carbons (Fsp3) is 0.389. The number of rotatable bonds is 7. The standard InChI is InChI=1S/C18H22N4O3/c1-24-16-6-3-12(7-17(16)25-2)9-19-18(23)20-10-14-8-15(13-4-5-13)22-11-21-14/h3,6-8,11,13H,4-5,9-10H2,1-2H3,(H2,19,20,23). The lowest BCUT2D eigenvalue weighted by atomic mass is 10.2. The third-order valence-electron chi connectivity index (χ3n) is 4.07. The summed E-state index contributed by atoms with van der Waals surface area (Å²) in [6.07, 6.45) is 3.94. The number of nitrogens with one attached hydrogen (secondary N) is 2. The highest BCUT2D eigenvalue weighted by atomic mass is 16.5. The summed E-state index contributed by atoms with van der Waals surface area (Å²) in [5.74, 6) is 1.86. The smallest absolute Gasteiger partial charge is 0.315 e. The maximum atomic E-state index is 12.0. The second-order valence-electron chi connectivity index (χ2n) is 5.93. The van der Waals surface area contributed by atoms with E-state index in [4.69, 9.17) is 9.47 Å². The molecule has 2 amide bonds. The Labute approximate surface area is 146 Å². The Balaban J connectivity index is 1.49. The molecule has 1 saturated carbocycles. The molecule has 1 aromatic heterocycles. The molecule has 0 radical (unpaired) electrons. The summed E-state index contributed by atoms with van der Waals surface area (Å²) in [5, 5.41) is 5.63. The van der Waals surface area contributed by atoms with Crippen LogP contribution in [0.25, 0.3) is 0 Å². The van der Waals surface area contributed by atoms with Gasteiger partial charge in [0.2, 0.25) is 0 Å². The van der Waals surface area contributed by atoms with Crippen molar-refractivity contribution in [2.75, 3.05) is 14.2 Å². The number of methoxy groups -OCH3 is 2. The van der Waals surface area contributed by atoms with Gasteiger partial charge in [-0.3, -0.25) is 0 Å². The van der Waals surface area contributed by atoms with Gasteiger partial charge in [-0.15, -0.1) is 0 Å². The number of hydrogen-bond acceptors (Lipinski definition) is 5. The van der Waals surface area contributed by atoms with Crippen LogP contribution in [0.1, 0.15) is 35.7 Å². The number of carbonyl (C=O) groups is 1. The van der Waals surface area contributed by atoms with Gasteiger partial charge in [0, 0.05) is 18.2 Å². The third-order valence-corrected chi connectivity index (χ3v) is 4.07. The van der Waals surface area contributed by atoms with Crippen LogP contribution < -0.4 is 20.1 Å². The molecule has 1 aliphatic rings. The molecule has 7 heteroatoms. The Morgan fingerprint density at radius 1 is 1.08 bits per heavy atom. The highest BCUT2D eigenvalue weighted by Crippen LogP contribution is 2.38. The van der Waals surface area contributed by atoms with Crippen molar-refractivity contribution in [2.24, 2.45) is 0 Å². The minimum atomic E-state index is -0.249. The van der Waals surface area contributed by atoms with Crippen molar-refractivity contribution < 1.29 is 14.3 Å². The first kappa shape index (κ1) is 17.0. The Kier molecular flexibility index (Phi) is 5.33. The number of hydrogen-bond donors (Lipinski definition) is 2. The zero-order valence-electron chi connectivity index (χ0n) is 14.4. The number of amides is 2. The molecule has 0 saturated heterocycles. The van der Waals surface area contributed by atoms with Crippen LogP contribution in [-0.2, 0) is 13.1 Å². The van der Waals surface area contributed by atoms with Crippen LogP contribution in [0, 0.1) is 0 Å². The van der Waals surface area contributed by atoms with Crippen LogP contribution in [0.15, 0.2) is 30.6 Å². The van der Waals surface area contributed by atoms with E-state index >= 15 is 0 Å². The molecule has 2 aromatic rings. The molecule has 25 heavy (non-hydrogen) atoms. The van der Waals surface area contributed by atoms with E-state index < -0.39 is 0 Å². The zero-order valence-corrected chi connectivity index (χ0v) is 14.4. The first-order valence-electron chi connectivity index (χ1n) is 8.23. The molecule has 0 bridgehead atoms. The summed E-state index contributed by atoms with van der Waals surface area (Å²) in [4.78, 5) is 20.4. The highest BCUT2D eigenvalue weighted by Gasteiger charge is 2.25. The SMILES string of the molecule is COc1ccc(CNC(=O)NCc2cc(C3CC3)ncn2)cc1OC. The molecular formula is C18H22N4O3. The lowest BCUT2D eigenvalue weighted by Crippen LogP contribution is -2.34. The summed E-state index contributed by atoms with van der Waals surface area (Å²) in [5.41, 5.74) is 2.81. The topological polar surface area (TPSA) is 85.4 Å². The van der Waals surface area contributed by atoms with E-state index in [2.05, 4.69) is 20.6 Å². The van der Waals surface area contributed by atoms with Crippen molar-refractivity contribution >= 4 is 6.03 Å². The third kappa shape index (κ3) is 4.59. The van der Waals surface area contributed by atoms with Crippen molar-refractivity contribution in [3.63, 3.8) is 0 Å². The van der Waals surface area contributed by atoms with Gasteiger partial charge >= 0.3 is 6.03 Å². The zero-order chi connectivity index (χ0) is 17.6. The van der Waals surface area contributed by atoms with E-state index in [-0.39, 0.29) is 6.03 Å². The predicted octanol–water partition coefficient (Wildman–Crippen LogP) is 2.37. The van der Waals surface area contributed by atoms with Crippen molar-refractivity contribution in [1.82, 2.24) is 20.6 Å². The molecule has 0 aliphatic heterocycles. The average Bonchev–Trinajstić information content (AvgIpc) is 3.50. The van der Waals surface area contributed by atoms with Gasteiger partial charge in [-0.2, -0.15) is 0 Å². The number of urea groups is 1. The number of nitrogens with zero attached hydrogens (tertiary/aromatic N) is 2. The van der Waals surface area contributed by atoms with Gasteiger partial charge in [-0.05, 0) is 36.6 Å². The maximum Gasteiger partial charge on any atom is 0.315 e. The molecule has 0 atom stereocenters. The fourth-order valence-electron chi connectivity index (χ4n) is 2.52. The van der Waals surface area contributed by atoms with E-state index in [0.29, 0.717) is 30.5 Å². The molecule has 1 aliphatic carbocycles. The molecular weight excluding hydrogens is 320 g/mol. The normalized spacial score (nSPS) is 13.2. The van der Waals surface area contributed by atoms with Gasteiger partial charge in [0.25, 0.3) is 0 Å². The van der Waals surface area contributed by atoms with Crippen LogP contribution in [0.4, 0.5) is 4.79 Å². The number of ether oxygens (including phenoxy) is 2. The van der Waals surface area contributed by atoms with Gasteiger partial charge < -0.3 is 20.1 Å². The van der Waals surface area contributed by atoms with E-state index in [0.717, 1.165) is 17.0 Å². The molecule has 1 heterocycles. The minimum Gasteiger partial charge on any atom is -0.493 e. The monoisotopic (exact) mass is 342 g/mol. The fourth-order valence-corrected chi connectivity index (χ4v) is 2.52. The summed E-state index contributed by atoms with van der Waals surface area (Å²) < 4.78 is 10.5. The Hall–Kier alpha value is -2.83. The average molecular weight is 342 g/mol. The Bertz CT molecular complexity index is 747. The van der Waals surface area contributed by atoms with E-state index in [1.165, 1.54) is 12.8 Å². The molecule has 7 nitrogen and oxygen atoms in total. The van der Waals surface area contributed by atoms with Gasteiger partial charge in [-0.25, -0.2) is 14.8 Å². The van der Waals surface area contributed by atoms with Crippen LogP contribution >= 0.6 is 0 Å². The van der Waals surface area contributed by atoms with Crippen LogP contribution in [-0.4, -0.2) is 30.2 Å². The largest absolute Gasteiger partial charge is 0.493 e. The van der Waals surface area contributed by atoms with E-state index in [9.17, 15) is 4.79 Å². The summed E-state index contributed by atoms with van der Waals surface area (Å²) in [6.45, 7) is 0.767. The lowest BCUT2D eigenvalue weighted by Gasteiger charge is -2.11. The lowest BCUT2D eigenvalue weighted by molar-refractivity contribution is 0.240. The second-order valence-corrected chi connectivity index (χ2v) is 5.93. The van der Waals surface area contributed by atoms with E-state index in [1.807, 2.05) is 24.3 Å². The Morgan fingerprint density at radius 3 is 2.56 bits per heavy atom. The van der Waals surface area contributed by atoms with Crippen molar-refractivity contribution in [2.45, 2.75) is 31.8 Å². The number of aromatic nitrogens is 2. The Morgan fingerprint density at radius 2 is 1.84 bits per heavy atom. The molecule has 2 N–H and O–H groups in total. The minimum absolute atomic E-state index is 0.249. The van der Waals surface area contributed by atoms with Crippen LogP contribution in [0.3, 0.4) is 0 Å².